The third-order valence-electron chi connectivity index (χ3n) is 4.69. The topological polar surface area (TPSA) is 125 Å². The first kappa shape index (κ1) is 21.2. The summed E-state index contributed by atoms with van der Waals surface area (Å²) in [4.78, 5) is 25.1. The van der Waals surface area contributed by atoms with Crippen LogP contribution in [0.1, 0.15) is 26.5 Å². The average Bonchev–Trinajstić information content (AvgIpc) is 3.33. The Morgan fingerprint density at radius 1 is 0.879 bits per heavy atom. The van der Waals surface area contributed by atoms with Gasteiger partial charge in [-0.25, -0.2) is 0 Å². The normalized spacial score (nSPS) is 10.2. The summed E-state index contributed by atoms with van der Waals surface area (Å²) in [6.45, 7) is 0. The van der Waals surface area contributed by atoms with E-state index in [4.69, 9.17) is 14.4 Å². The number of amides is 2. The smallest absolute Gasteiger partial charge is 0.306 e. The molecule has 0 spiro atoms. The number of benzene rings is 3. The molecule has 1 heterocycles. The van der Waals surface area contributed by atoms with Crippen molar-refractivity contribution in [1.29, 1.82) is 5.26 Å². The number of carbonyl (C=O) groups excluding carboxylic acids is 2. The minimum atomic E-state index is -0.683. The molecule has 0 saturated carbocycles. The van der Waals surface area contributed by atoms with Crippen molar-refractivity contribution in [2.45, 2.75) is 0 Å². The molecular formula is C25H17N3O5. The summed E-state index contributed by atoms with van der Waals surface area (Å²) in [5, 5.41) is 18.6. The van der Waals surface area contributed by atoms with Crippen LogP contribution >= 0.6 is 0 Å². The molecule has 0 aliphatic rings. The fourth-order valence-electron chi connectivity index (χ4n) is 3.10. The molecule has 0 aliphatic carbocycles. The number of nitrogens with zero attached hydrogens (tertiary/aromatic N) is 1. The second-order valence-corrected chi connectivity index (χ2v) is 6.83. The molecule has 0 bridgehead atoms. The van der Waals surface area contributed by atoms with Crippen LogP contribution in [0.3, 0.4) is 0 Å². The second-order valence-electron chi connectivity index (χ2n) is 6.83. The fourth-order valence-corrected chi connectivity index (χ4v) is 3.10. The van der Waals surface area contributed by atoms with Crippen LogP contribution in [-0.2, 0) is 0 Å². The molecule has 0 unspecified atom stereocenters. The number of furan rings is 1. The zero-order chi connectivity index (χ0) is 23.2. The van der Waals surface area contributed by atoms with Crippen molar-refractivity contribution in [3.8, 4) is 34.4 Å². The predicted octanol–water partition coefficient (Wildman–Crippen LogP) is 4.39. The zero-order valence-corrected chi connectivity index (χ0v) is 17.1. The molecule has 162 valence electrons. The van der Waals surface area contributed by atoms with Gasteiger partial charge in [-0.3, -0.25) is 20.4 Å². The summed E-state index contributed by atoms with van der Waals surface area (Å²) in [5.74, 6) is -0.455. The van der Waals surface area contributed by atoms with Gasteiger partial charge in [-0.05, 0) is 42.5 Å². The molecule has 33 heavy (non-hydrogen) atoms. The van der Waals surface area contributed by atoms with Gasteiger partial charge in [0.15, 0.2) is 0 Å². The monoisotopic (exact) mass is 439 g/mol. The highest BCUT2D eigenvalue weighted by atomic mass is 16.5. The SMILES string of the molecule is N#Cc1cc(C(=O)NNC(=O)c2occc2-c2ccccc2Oc2ccccc2)ccc1O. The fraction of sp³-hybridized carbons (Fsp3) is 0. The van der Waals surface area contributed by atoms with E-state index in [1.54, 1.807) is 30.3 Å². The summed E-state index contributed by atoms with van der Waals surface area (Å²) >= 11 is 0. The molecule has 3 aromatic carbocycles. The maximum atomic E-state index is 12.7. The highest BCUT2D eigenvalue weighted by molar-refractivity contribution is 6.01. The van der Waals surface area contributed by atoms with E-state index in [-0.39, 0.29) is 22.6 Å². The zero-order valence-electron chi connectivity index (χ0n) is 17.1. The molecule has 0 atom stereocenters. The van der Waals surface area contributed by atoms with Gasteiger partial charge in [0.2, 0.25) is 5.76 Å². The van der Waals surface area contributed by atoms with Crippen LogP contribution in [0.15, 0.2) is 89.5 Å². The largest absolute Gasteiger partial charge is 0.507 e. The maximum absolute atomic E-state index is 12.7. The van der Waals surface area contributed by atoms with Crippen LogP contribution in [0.5, 0.6) is 17.2 Å². The molecule has 0 fully saturated rings. The number of nitriles is 1. The number of hydrazine groups is 1. The van der Waals surface area contributed by atoms with Crippen molar-refractivity contribution in [2.75, 3.05) is 0 Å². The van der Waals surface area contributed by atoms with E-state index in [1.807, 2.05) is 36.4 Å². The minimum absolute atomic E-state index is 0.0252. The second kappa shape index (κ2) is 9.41. The van der Waals surface area contributed by atoms with Crippen LogP contribution in [0.25, 0.3) is 11.1 Å². The molecule has 0 saturated heterocycles. The quantitative estimate of drug-likeness (QED) is 0.396. The number of ether oxygens (including phenoxy) is 1. The van der Waals surface area contributed by atoms with E-state index in [2.05, 4.69) is 10.9 Å². The predicted molar refractivity (Wildman–Crippen MR) is 118 cm³/mol. The van der Waals surface area contributed by atoms with Crippen molar-refractivity contribution in [1.82, 2.24) is 10.9 Å². The molecule has 0 aliphatic heterocycles. The Morgan fingerprint density at radius 3 is 2.39 bits per heavy atom. The number of nitrogens with one attached hydrogen (secondary N) is 2. The van der Waals surface area contributed by atoms with Gasteiger partial charge in [-0.1, -0.05) is 36.4 Å². The highest BCUT2D eigenvalue weighted by Gasteiger charge is 2.20. The minimum Gasteiger partial charge on any atom is -0.507 e. The van der Waals surface area contributed by atoms with Crippen LogP contribution < -0.4 is 15.6 Å². The molecule has 4 rings (SSSR count). The van der Waals surface area contributed by atoms with Crippen LogP contribution in [0.2, 0.25) is 0 Å². The number of phenols is 1. The molecule has 3 N–H and O–H groups in total. The van der Waals surface area contributed by atoms with Crippen LogP contribution in [0, 0.1) is 11.3 Å². The number of hydrogen-bond donors (Lipinski definition) is 3. The van der Waals surface area contributed by atoms with E-state index in [9.17, 15) is 14.7 Å². The number of rotatable bonds is 5. The number of carbonyl (C=O) groups is 2. The Balaban J connectivity index is 1.52. The van der Waals surface area contributed by atoms with Gasteiger partial charge in [-0.15, -0.1) is 0 Å². The molecule has 8 heteroatoms. The molecule has 2 amide bonds. The Hall–Kier alpha value is -5.03. The average molecular weight is 439 g/mol. The van der Waals surface area contributed by atoms with E-state index in [0.29, 0.717) is 22.6 Å². The number of aromatic hydroxyl groups is 1. The molecule has 4 aromatic rings. The first-order chi connectivity index (χ1) is 16.1. The van der Waals surface area contributed by atoms with Gasteiger partial charge < -0.3 is 14.3 Å². The lowest BCUT2D eigenvalue weighted by atomic mass is 10.0. The summed E-state index contributed by atoms with van der Waals surface area (Å²) in [6, 6.07) is 23.6. The van der Waals surface area contributed by atoms with Crippen molar-refractivity contribution >= 4 is 11.8 Å². The summed E-state index contributed by atoms with van der Waals surface area (Å²) in [7, 11) is 0. The van der Waals surface area contributed by atoms with Gasteiger partial charge in [0, 0.05) is 16.7 Å². The number of hydrogen-bond acceptors (Lipinski definition) is 6. The Bertz CT molecular complexity index is 1360. The highest BCUT2D eigenvalue weighted by Crippen LogP contribution is 2.35. The Kier molecular flexibility index (Phi) is 6.05. The van der Waals surface area contributed by atoms with Gasteiger partial charge in [-0.2, -0.15) is 5.26 Å². The molecule has 1 aromatic heterocycles. The third kappa shape index (κ3) is 4.68. The van der Waals surface area contributed by atoms with E-state index >= 15 is 0 Å². The Morgan fingerprint density at radius 2 is 1.61 bits per heavy atom. The first-order valence-electron chi connectivity index (χ1n) is 9.80. The third-order valence-corrected chi connectivity index (χ3v) is 4.69. The van der Waals surface area contributed by atoms with Gasteiger partial charge in [0.1, 0.15) is 23.3 Å². The van der Waals surface area contributed by atoms with Gasteiger partial charge in [0.05, 0.1) is 11.8 Å². The van der Waals surface area contributed by atoms with Gasteiger partial charge >= 0.3 is 5.91 Å². The van der Waals surface area contributed by atoms with E-state index in [1.165, 1.54) is 24.5 Å². The van der Waals surface area contributed by atoms with Crippen molar-refractivity contribution < 1.29 is 23.8 Å². The lowest BCUT2D eigenvalue weighted by Gasteiger charge is -2.12. The van der Waals surface area contributed by atoms with Crippen molar-refractivity contribution in [3.05, 3.63) is 102 Å². The summed E-state index contributed by atoms with van der Waals surface area (Å²) in [6.07, 6.45) is 1.37. The summed E-state index contributed by atoms with van der Waals surface area (Å²) in [5.41, 5.74) is 5.70. The molecular weight excluding hydrogens is 422 g/mol. The summed E-state index contributed by atoms with van der Waals surface area (Å²) < 4.78 is 11.3. The number of phenolic OH excluding ortho intramolecular Hbond substituents is 1. The van der Waals surface area contributed by atoms with Crippen LogP contribution in [-0.4, -0.2) is 16.9 Å². The lowest BCUT2D eigenvalue weighted by molar-refractivity contribution is 0.0831. The van der Waals surface area contributed by atoms with E-state index in [0.717, 1.165) is 0 Å². The molecule has 0 radical (unpaired) electrons. The maximum Gasteiger partial charge on any atom is 0.306 e. The van der Waals surface area contributed by atoms with Gasteiger partial charge in [0.25, 0.3) is 5.91 Å². The van der Waals surface area contributed by atoms with Crippen molar-refractivity contribution in [2.24, 2.45) is 0 Å². The van der Waals surface area contributed by atoms with Crippen molar-refractivity contribution in [3.63, 3.8) is 0 Å². The first-order valence-corrected chi connectivity index (χ1v) is 9.80. The molecule has 8 nitrogen and oxygen atoms in total. The standard InChI is InChI=1S/C25H17N3O5/c26-15-17-14-16(10-11-21(17)29)24(30)27-28-25(31)23-20(12-13-32-23)19-8-4-5-9-22(19)33-18-6-2-1-3-7-18/h1-14,29H,(H,27,30)(H,28,31). The van der Waals surface area contributed by atoms with E-state index < -0.39 is 11.8 Å². The number of para-hydroxylation sites is 2. The Labute approximate surface area is 188 Å². The van der Waals surface area contributed by atoms with Crippen LogP contribution in [0.4, 0.5) is 0 Å². The lowest BCUT2D eigenvalue weighted by Crippen LogP contribution is -2.41.